The first-order chi connectivity index (χ1) is 9.13. The molecule has 0 aliphatic rings. The SMILES string of the molecule is CCCCCC(NC(C)CC(C)O)c1ccccc1. The summed E-state index contributed by atoms with van der Waals surface area (Å²) < 4.78 is 0. The molecule has 0 aromatic heterocycles. The van der Waals surface area contributed by atoms with E-state index < -0.39 is 0 Å². The fourth-order valence-electron chi connectivity index (χ4n) is 2.55. The van der Waals surface area contributed by atoms with E-state index in [0.29, 0.717) is 12.1 Å². The van der Waals surface area contributed by atoms with Crippen LogP contribution in [0.15, 0.2) is 30.3 Å². The standard InChI is InChI=1S/C17H29NO/c1-4-5-7-12-17(16-10-8-6-9-11-16)18-14(2)13-15(3)19/h6,8-11,14-15,17-19H,4-5,7,12-13H2,1-3H3. The number of aliphatic hydroxyl groups excluding tert-OH is 1. The summed E-state index contributed by atoms with van der Waals surface area (Å²) in [5.74, 6) is 0. The highest BCUT2D eigenvalue weighted by molar-refractivity contribution is 5.18. The molecule has 0 aliphatic carbocycles. The maximum Gasteiger partial charge on any atom is 0.0526 e. The fraction of sp³-hybridized carbons (Fsp3) is 0.647. The normalized spacial score (nSPS) is 16.0. The summed E-state index contributed by atoms with van der Waals surface area (Å²) in [7, 11) is 0. The zero-order valence-electron chi connectivity index (χ0n) is 12.6. The van der Waals surface area contributed by atoms with Gasteiger partial charge in [0.25, 0.3) is 0 Å². The molecule has 0 saturated heterocycles. The van der Waals surface area contributed by atoms with E-state index in [-0.39, 0.29) is 6.10 Å². The zero-order valence-corrected chi connectivity index (χ0v) is 12.6. The van der Waals surface area contributed by atoms with Crippen molar-refractivity contribution in [2.45, 2.75) is 71.1 Å². The summed E-state index contributed by atoms with van der Waals surface area (Å²) in [6.45, 7) is 6.25. The summed E-state index contributed by atoms with van der Waals surface area (Å²) in [5, 5.41) is 13.1. The van der Waals surface area contributed by atoms with E-state index in [1.165, 1.54) is 31.2 Å². The first-order valence-electron chi connectivity index (χ1n) is 7.62. The van der Waals surface area contributed by atoms with Crippen LogP contribution < -0.4 is 5.32 Å². The fourth-order valence-corrected chi connectivity index (χ4v) is 2.55. The van der Waals surface area contributed by atoms with E-state index in [9.17, 15) is 5.11 Å². The van der Waals surface area contributed by atoms with Crippen molar-refractivity contribution in [3.8, 4) is 0 Å². The Morgan fingerprint density at radius 3 is 2.37 bits per heavy atom. The lowest BCUT2D eigenvalue weighted by Crippen LogP contribution is -2.33. The Labute approximate surface area is 118 Å². The molecule has 0 aliphatic heterocycles. The van der Waals surface area contributed by atoms with Gasteiger partial charge in [0.1, 0.15) is 0 Å². The molecular weight excluding hydrogens is 234 g/mol. The Kier molecular flexibility index (Phi) is 7.76. The maximum atomic E-state index is 9.48. The van der Waals surface area contributed by atoms with Gasteiger partial charge in [-0.2, -0.15) is 0 Å². The predicted molar refractivity (Wildman–Crippen MR) is 82.2 cm³/mol. The third-order valence-electron chi connectivity index (χ3n) is 3.48. The highest BCUT2D eigenvalue weighted by atomic mass is 16.3. The highest BCUT2D eigenvalue weighted by Gasteiger charge is 2.14. The summed E-state index contributed by atoms with van der Waals surface area (Å²) >= 11 is 0. The summed E-state index contributed by atoms with van der Waals surface area (Å²) in [6.07, 6.45) is 5.53. The van der Waals surface area contributed by atoms with E-state index in [2.05, 4.69) is 49.5 Å². The van der Waals surface area contributed by atoms with Gasteiger partial charge in [-0.3, -0.25) is 0 Å². The van der Waals surface area contributed by atoms with Crippen molar-refractivity contribution in [1.29, 1.82) is 0 Å². The lowest BCUT2D eigenvalue weighted by Gasteiger charge is -2.24. The van der Waals surface area contributed by atoms with Crippen LogP contribution in [-0.2, 0) is 0 Å². The van der Waals surface area contributed by atoms with Crippen molar-refractivity contribution < 1.29 is 5.11 Å². The van der Waals surface area contributed by atoms with Crippen LogP contribution in [0.2, 0.25) is 0 Å². The molecule has 0 spiro atoms. The van der Waals surface area contributed by atoms with Crippen molar-refractivity contribution in [2.24, 2.45) is 0 Å². The van der Waals surface area contributed by atoms with Gasteiger partial charge in [-0.05, 0) is 32.3 Å². The first kappa shape index (κ1) is 16.2. The lowest BCUT2D eigenvalue weighted by molar-refractivity contribution is 0.167. The smallest absolute Gasteiger partial charge is 0.0526 e. The van der Waals surface area contributed by atoms with Crippen LogP contribution in [0.4, 0.5) is 0 Å². The predicted octanol–water partition coefficient (Wildman–Crippen LogP) is 4.06. The second kappa shape index (κ2) is 9.11. The van der Waals surface area contributed by atoms with E-state index in [1.807, 2.05) is 6.92 Å². The molecule has 3 atom stereocenters. The molecule has 0 bridgehead atoms. The molecule has 2 heteroatoms. The van der Waals surface area contributed by atoms with Gasteiger partial charge in [0.05, 0.1) is 6.10 Å². The molecule has 1 rings (SSSR count). The summed E-state index contributed by atoms with van der Waals surface area (Å²) in [4.78, 5) is 0. The second-order valence-electron chi connectivity index (χ2n) is 5.61. The molecule has 0 radical (unpaired) electrons. The average molecular weight is 263 g/mol. The maximum absolute atomic E-state index is 9.48. The second-order valence-corrected chi connectivity index (χ2v) is 5.61. The molecule has 108 valence electrons. The summed E-state index contributed by atoms with van der Waals surface area (Å²) in [6, 6.07) is 11.4. The molecule has 2 N–H and O–H groups in total. The quantitative estimate of drug-likeness (QED) is 0.659. The Balaban J connectivity index is 2.59. The van der Waals surface area contributed by atoms with Crippen molar-refractivity contribution in [3.05, 3.63) is 35.9 Å². The average Bonchev–Trinajstić information content (AvgIpc) is 2.38. The molecule has 0 saturated carbocycles. The molecule has 3 unspecified atom stereocenters. The minimum atomic E-state index is -0.241. The molecule has 2 nitrogen and oxygen atoms in total. The van der Waals surface area contributed by atoms with Crippen LogP contribution in [0.3, 0.4) is 0 Å². The molecule has 0 fully saturated rings. The Hall–Kier alpha value is -0.860. The highest BCUT2D eigenvalue weighted by Crippen LogP contribution is 2.21. The van der Waals surface area contributed by atoms with Crippen molar-refractivity contribution in [2.75, 3.05) is 0 Å². The Bertz CT molecular complexity index is 323. The first-order valence-corrected chi connectivity index (χ1v) is 7.62. The summed E-state index contributed by atoms with van der Waals surface area (Å²) in [5.41, 5.74) is 1.36. The minimum absolute atomic E-state index is 0.241. The van der Waals surface area contributed by atoms with Gasteiger partial charge in [-0.1, -0.05) is 56.5 Å². The molecule has 0 amide bonds. The largest absolute Gasteiger partial charge is 0.393 e. The molecule has 19 heavy (non-hydrogen) atoms. The number of unbranched alkanes of at least 4 members (excludes halogenated alkanes) is 2. The van der Waals surface area contributed by atoms with Gasteiger partial charge >= 0.3 is 0 Å². The molecule has 0 heterocycles. The zero-order chi connectivity index (χ0) is 14.1. The lowest BCUT2D eigenvalue weighted by atomic mass is 9.99. The van der Waals surface area contributed by atoms with Crippen LogP contribution >= 0.6 is 0 Å². The van der Waals surface area contributed by atoms with Crippen LogP contribution in [0.5, 0.6) is 0 Å². The van der Waals surface area contributed by atoms with Crippen LogP contribution in [0.25, 0.3) is 0 Å². The van der Waals surface area contributed by atoms with Crippen LogP contribution in [0, 0.1) is 0 Å². The van der Waals surface area contributed by atoms with Gasteiger partial charge < -0.3 is 10.4 Å². The molecule has 1 aromatic carbocycles. The van der Waals surface area contributed by atoms with Crippen LogP contribution in [-0.4, -0.2) is 17.3 Å². The Morgan fingerprint density at radius 1 is 1.11 bits per heavy atom. The topological polar surface area (TPSA) is 32.3 Å². The number of hydrogen-bond acceptors (Lipinski definition) is 2. The molecule has 1 aromatic rings. The van der Waals surface area contributed by atoms with Gasteiger partial charge in [-0.25, -0.2) is 0 Å². The number of benzene rings is 1. The van der Waals surface area contributed by atoms with Crippen molar-refractivity contribution in [3.63, 3.8) is 0 Å². The van der Waals surface area contributed by atoms with Gasteiger partial charge in [-0.15, -0.1) is 0 Å². The number of hydrogen-bond donors (Lipinski definition) is 2. The van der Waals surface area contributed by atoms with Gasteiger partial charge in [0.15, 0.2) is 0 Å². The monoisotopic (exact) mass is 263 g/mol. The minimum Gasteiger partial charge on any atom is -0.393 e. The number of aliphatic hydroxyl groups is 1. The van der Waals surface area contributed by atoms with E-state index in [4.69, 9.17) is 0 Å². The van der Waals surface area contributed by atoms with Gasteiger partial charge in [0, 0.05) is 12.1 Å². The third kappa shape index (κ3) is 6.74. The van der Waals surface area contributed by atoms with Crippen LogP contribution in [0.1, 0.15) is 64.5 Å². The van der Waals surface area contributed by atoms with E-state index >= 15 is 0 Å². The van der Waals surface area contributed by atoms with Crippen molar-refractivity contribution in [1.82, 2.24) is 5.32 Å². The third-order valence-corrected chi connectivity index (χ3v) is 3.48. The molecular formula is C17H29NO. The number of nitrogens with one attached hydrogen (secondary N) is 1. The van der Waals surface area contributed by atoms with E-state index in [1.54, 1.807) is 0 Å². The van der Waals surface area contributed by atoms with Gasteiger partial charge in [0.2, 0.25) is 0 Å². The Morgan fingerprint density at radius 2 is 1.79 bits per heavy atom. The van der Waals surface area contributed by atoms with E-state index in [0.717, 1.165) is 6.42 Å². The number of rotatable bonds is 9. The van der Waals surface area contributed by atoms with Crippen molar-refractivity contribution >= 4 is 0 Å².